The van der Waals surface area contributed by atoms with Gasteiger partial charge in [0.1, 0.15) is 0 Å². The van der Waals surface area contributed by atoms with Crippen LogP contribution < -0.4 is 4.90 Å². The summed E-state index contributed by atoms with van der Waals surface area (Å²) in [5, 5.41) is 0. The molecule has 1 saturated heterocycles. The first-order chi connectivity index (χ1) is 6.70. The third kappa shape index (κ3) is 1.37. The quantitative estimate of drug-likeness (QED) is 0.655. The Hall–Kier alpha value is -1.42. The Bertz CT molecular complexity index is 338. The lowest BCUT2D eigenvalue weighted by Gasteiger charge is -2.23. The number of carbonyl (C=O) groups excluding carboxylic acids is 1. The highest BCUT2D eigenvalue weighted by atomic mass is 16.2. The van der Waals surface area contributed by atoms with Crippen LogP contribution in [0.1, 0.15) is 6.92 Å². The molecule has 0 saturated carbocycles. The zero-order valence-electron chi connectivity index (χ0n) is 8.34. The number of carbonyl (C=O) groups is 1. The lowest BCUT2D eigenvalue weighted by atomic mass is 10.3. The molecule has 4 heteroatoms. The fourth-order valence-electron chi connectivity index (χ4n) is 1.68. The molecule has 1 aliphatic heterocycles. The summed E-state index contributed by atoms with van der Waals surface area (Å²) in [6.07, 6.45) is 3.54. The largest absolute Gasteiger partial charge is 0.294 e. The van der Waals surface area contributed by atoms with Crippen LogP contribution in [0.25, 0.3) is 0 Å². The van der Waals surface area contributed by atoms with Gasteiger partial charge in [-0.2, -0.15) is 0 Å². The predicted molar refractivity (Wildman–Crippen MR) is 53.8 cm³/mol. The predicted octanol–water partition coefficient (Wildman–Crippen LogP) is 0.706. The van der Waals surface area contributed by atoms with Gasteiger partial charge in [0.2, 0.25) is 5.91 Å². The highest BCUT2D eigenvalue weighted by Gasteiger charge is 2.33. The van der Waals surface area contributed by atoms with Crippen molar-refractivity contribution >= 4 is 11.6 Å². The van der Waals surface area contributed by atoms with E-state index in [1.165, 1.54) is 0 Å². The standard InChI is InChI=1S/C10H13N3O/c1-8-12(2)7-10(14)13(8)9-4-3-5-11-6-9/h3-6,8H,7H2,1-2H3. The molecule has 0 aromatic carbocycles. The zero-order valence-corrected chi connectivity index (χ0v) is 8.34. The molecule has 1 amide bonds. The van der Waals surface area contributed by atoms with E-state index >= 15 is 0 Å². The van der Waals surface area contributed by atoms with Gasteiger partial charge in [-0.15, -0.1) is 0 Å². The summed E-state index contributed by atoms with van der Waals surface area (Å²) in [7, 11) is 1.94. The van der Waals surface area contributed by atoms with E-state index in [-0.39, 0.29) is 12.1 Å². The fraction of sp³-hybridized carbons (Fsp3) is 0.400. The maximum absolute atomic E-state index is 11.7. The van der Waals surface area contributed by atoms with Gasteiger partial charge in [-0.1, -0.05) is 0 Å². The molecule has 74 valence electrons. The van der Waals surface area contributed by atoms with Crippen molar-refractivity contribution in [3.05, 3.63) is 24.5 Å². The molecule has 2 heterocycles. The zero-order chi connectivity index (χ0) is 10.1. The molecular formula is C10H13N3O. The topological polar surface area (TPSA) is 36.4 Å². The molecule has 1 fully saturated rings. The first kappa shape index (κ1) is 9.15. The summed E-state index contributed by atoms with van der Waals surface area (Å²) in [6, 6.07) is 3.74. The van der Waals surface area contributed by atoms with Gasteiger partial charge >= 0.3 is 0 Å². The average Bonchev–Trinajstić information content (AvgIpc) is 2.43. The Morgan fingerprint density at radius 1 is 1.57 bits per heavy atom. The van der Waals surface area contributed by atoms with Crippen molar-refractivity contribution in [1.29, 1.82) is 0 Å². The van der Waals surface area contributed by atoms with Gasteiger partial charge < -0.3 is 0 Å². The smallest absolute Gasteiger partial charge is 0.242 e. The Labute approximate surface area is 83.2 Å². The number of hydrogen-bond acceptors (Lipinski definition) is 3. The molecule has 0 radical (unpaired) electrons. The van der Waals surface area contributed by atoms with Gasteiger partial charge in [-0.25, -0.2) is 0 Å². The van der Waals surface area contributed by atoms with E-state index in [0.717, 1.165) is 5.69 Å². The highest BCUT2D eigenvalue weighted by Crippen LogP contribution is 2.21. The second kappa shape index (κ2) is 3.38. The molecule has 1 aromatic rings. The monoisotopic (exact) mass is 191 g/mol. The molecule has 0 bridgehead atoms. The van der Waals surface area contributed by atoms with Crippen LogP contribution >= 0.6 is 0 Å². The van der Waals surface area contributed by atoms with Crippen LogP contribution in [0, 0.1) is 0 Å². The highest BCUT2D eigenvalue weighted by molar-refractivity contribution is 5.97. The second-order valence-electron chi connectivity index (χ2n) is 3.52. The van der Waals surface area contributed by atoms with Crippen LogP contribution in [-0.4, -0.2) is 35.5 Å². The van der Waals surface area contributed by atoms with Crippen LogP contribution in [-0.2, 0) is 4.79 Å². The lowest BCUT2D eigenvalue weighted by Crippen LogP contribution is -2.35. The van der Waals surface area contributed by atoms with Crippen molar-refractivity contribution in [2.75, 3.05) is 18.5 Å². The number of likely N-dealkylation sites (N-methyl/N-ethyl adjacent to an activating group) is 1. The van der Waals surface area contributed by atoms with E-state index in [1.807, 2.05) is 31.0 Å². The van der Waals surface area contributed by atoms with Crippen molar-refractivity contribution in [2.24, 2.45) is 0 Å². The number of rotatable bonds is 1. The number of amides is 1. The van der Waals surface area contributed by atoms with Gasteiger partial charge in [0, 0.05) is 6.20 Å². The van der Waals surface area contributed by atoms with E-state index in [4.69, 9.17) is 0 Å². The van der Waals surface area contributed by atoms with Crippen LogP contribution in [0.3, 0.4) is 0 Å². The van der Waals surface area contributed by atoms with Gasteiger partial charge in [0.05, 0.1) is 24.6 Å². The third-order valence-corrected chi connectivity index (χ3v) is 2.59. The van der Waals surface area contributed by atoms with Gasteiger partial charge in [0.15, 0.2) is 0 Å². The Morgan fingerprint density at radius 3 is 2.86 bits per heavy atom. The molecule has 2 rings (SSSR count). The Balaban J connectivity index is 2.31. The minimum atomic E-state index is 0.117. The number of aromatic nitrogens is 1. The van der Waals surface area contributed by atoms with Gasteiger partial charge in [-0.3, -0.25) is 19.6 Å². The summed E-state index contributed by atoms with van der Waals surface area (Å²) in [4.78, 5) is 19.4. The maximum Gasteiger partial charge on any atom is 0.242 e. The maximum atomic E-state index is 11.7. The molecule has 1 atom stereocenters. The molecule has 1 aliphatic rings. The second-order valence-corrected chi connectivity index (χ2v) is 3.52. The number of nitrogens with zero attached hydrogens (tertiary/aromatic N) is 3. The van der Waals surface area contributed by atoms with Crippen LogP contribution in [0.15, 0.2) is 24.5 Å². The first-order valence-corrected chi connectivity index (χ1v) is 4.62. The molecule has 1 unspecified atom stereocenters. The fourth-order valence-corrected chi connectivity index (χ4v) is 1.68. The van der Waals surface area contributed by atoms with E-state index in [2.05, 4.69) is 4.98 Å². The normalized spacial score (nSPS) is 23.1. The number of hydrogen-bond donors (Lipinski definition) is 0. The SMILES string of the molecule is CC1N(C)CC(=O)N1c1cccnc1. The van der Waals surface area contributed by atoms with Crippen LogP contribution in [0.4, 0.5) is 5.69 Å². The average molecular weight is 191 g/mol. The summed E-state index contributed by atoms with van der Waals surface area (Å²) in [5.74, 6) is 0.132. The van der Waals surface area contributed by atoms with E-state index in [9.17, 15) is 4.79 Å². The first-order valence-electron chi connectivity index (χ1n) is 4.62. The number of pyridine rings is 1. The third-order valence-electron chi connectivity index (χ3n) is 2.59. The summed E-state index contributed by atoms with van der Waals surface area (Å²) in [6.45, 7) is 2.49. The van der Waals surface area contributed by atoms with Crippen molar-refractivity contribution in [3.63, 3.8) is 0 Å². The van der Waals surface area contributed by atoms with E-state index in [1.54, 1.807) is 17.3 Å². The Kier molecular flexibility index (Phi) is 2.21. The molecular weight excluding hydrogens is 178 g/mol. The molecule has 0 N–H and O–H groups in total. The van der Waals surface area contributed by atoms with Crippen LogP contribution in [0.5, 0.6) is 0 Å². The minimum absolute atomic E-state index is 0.117. The van der Waals surface area contributed by atoms with Gasteiger partial charge in [-0.05, 0) is 26.1 Å². The number of anilines is 1. The van der Waals surface area contributed by atoms with Crippen LogP contribution in [0.2, 0.25) is 0 Å². The van der Waals surface area contributed by atoms with Crippen molar-refractivity contribution in [2.45, 2.75) is 13.1 Å². The van der Waals surface area contributed by atoms with E-state index < -0.39 is 0 Å². The molecule has 1 aromatic heterocycles. The summed E-state index contributed by atoms with van der Waals surface area (Å²) < 4.78 is 0. The molecule has 0 spiro atoms. The molecule has 4 nitrogen and oxygen atoms in total. The summed E-state index contributed by atoms with van der Waals surface area (Å²) in [5.41, 5.74) is 0.870. The van der Waals surface area contributed by atoms with Gasteiger partial charge in [0.25, 0.3) is 0 Å². The minimum Gasteiger partial charge on any atom is -0.294 e. The molecule has 0 aliphatic carbocycles. The Morgan fingerprint density at radius 2 is 2.36 bits per heavy atom. The lowest BCUT2D eigenvalue weighted by molar-refractivity contribution is -0.116. The van der Waals surface area contributed by atoms with Crippen molar-refractivity contribution in [1.82, 2.24) is 9.88 Å². The van der Waals surface area contributed by atoms with E-state index in [0.29, 0.717) is 6.54 Å². The van der Waals surface area contributed by atoms with Crippen molar-refractivity contribution < 1.29 is 4.79 Å². The summed E-state index contributed by atoms with van der Waals surface area (Å²) >= 11 is 0. The van der Waals surface area contributed by atoms with Crippen molar-refractivity contribution in [3.8, 4) is 0 Å². The molecule has 14 heavy (non-hydrogen) atoms.